The van der Waals surface area contributed by atoms with E-state index in [2.05, 4.69) is 25.3 Å². The third kappa shape index (κ3) is 1.84. The first-order valence-corrected chi connectivity index (χ1v) is 5.24. The summed E-state index contributed by atoms with van der Waals surface area (Å²) in [6.07, 6.45) is -4.70. The van der Waals surface area contributed by atoms with E-state index in [1.54, 1.807) is 0 Å². The molecule has 1 aliphatic heterocycles. The molecule has 6 nitrogen and oxygen atoms in total. The van der Waals surface area contributed by atoms with Crippen molar-refractivity contribution in [2.75, 3.05) is 20.1 Å². The van der Waals surface area contributed by atoms with Gasteiger partial charge in [0.25, 0.3) is 11.7 Å². The van der Waals surface area contributed by atoms with E-state index in [-0.39, 0.29) is 19.5 Å². The molecule has 9 heteroatoms. The molecule has 2 heterocycles. The lowest BCUT2D eigenvalue weighted by Gasteiger charge is -2.26. The highest BCUT2D eigenvalue weighted by molar-refractivity contribution is 5.89. The minimum Gasteiger partial charge on any atom is -0.352 e. The van der Waals surface area contributed by atoms with E-state index in [4.69, 9.17) is 0 Å². The van der Waals surface area contributed by atoms with Crippen molar-refractivity contribution in [3.8, 4) is 0 Å². The van der Waals surface area contributed by atoms with Gasteiger partial charge in [0, 0.05) is 13.6 Å². The first-order chi connectivity index (χ1) is 8.40. The molecule has 100 valence electrons. The number of hydrogen-bond acceptors (Lipinski definition) is 5. The van der Waals surface area contributed by atoms with Crippen molar-refractivity contribution in [2.24, 2.45) is 0 Å². The lowest BCUT2D eigenvalue weighted by Crippen LogP contribution is -2.44. The normalized spacial score (nSPS) is 24.2. The third-order valence-corrected chi connectivity index (χ3v) is 2.96. The molecule has 18 heavy (non-hydrogen) atoms. The van der Waals surface area contributed by atoms with E-state index in [9.17, 15) is 18.0 Å². The Labute approximate surface area is 99.9 Å². The summed E-state index contributed by atoms with van der Waals surface area (Å²) in [6.45, 7) is -0.122. The molecule has 1 fully saturated rings. The molecule has 0 spiro atoms. The van der Waals surface area contributed by atoms with Gasteiger partial charge in [0.1, 0.15) is 0 Å². The van der Waals surface area contributed by atoms with Crippen LogP contribution in [0.1, 0.15) is 22.9 Å². The summed E-state index contributed by atoms with van der Waals surface area (Å²) >= 11 is 0. The van der Waals surface area contributed by atoms with Crippen LogP contribution in [0.2, 0.25) is 0 Å². The summed E-state index contributed by atoms with van der Waals surface area (Å²) in [7, 11) is 1.33. The Balaban J connectivity index is 2.39. The van der Waals surface area contributed by atoms with Crippen molar-refractivity contribution in [3.63, 3.8) is 0 Å². The fourth-order valence-corrected chi connectivity index (χ4v) is 1.86. The highest BCUT2D eigenvalue weighted by Gasteiger charge is 2.61. The van der Waals surface area contributed by atoms with Gasteiger partial charge in [-0.1, -0.05) is 5.16 Å². The summed E-state index contributed by atoms with van der Waals surface area (Å²) in [5.41, 5.74) is -2.20. The van der Waals surface area contributed by atoms with E-state index in [1.165, 1.54) is 7.05 Å². The van der Waals surface area contributed by atoms with Gasteiger partial charge in [-0.05, 0) is 13.0 Å². The van der Waals surface area contributed by atoms with Gasteiger partial charge in [0.15, 0.2) is 5.41 Å². The average Bonchev–Trinajstić information content (AvgIpc) is 2.95. The van der Waals surface area contributed by atoms with Gasteiger partial charge in [0.2, 0.25) is 5.89 Å². The third-order valence-electron chi connectivity index (χ3n) is 2.96. The fourth-order valence-electron chi connectivity index (χ4n) is 1.86. The fraction of sp³-hybridized carbons (Fsp3) is 0.667. The Bertz CT molecular complexity index is 451. The monoisotopic (exact) mass is 264 g/mol. The molecule has 0 aromatic carbocycles. The molecule has 0 bridgehead atoms. The van der Waals surface area contributed by atoms with Crippen LogP contribution in [0.15, 0.2) is 4.52 Å². The van der Waals surface area contributed by atoms with Gasteiger partial charge >= 0.3 is 6.18 Å². The molecule has 0 radical (unpaired) electrons. The minimum absolute atomic E-state index is 0.189. The Hall–Kier alpha value is -1.64. The summed E-state index contributed by atoms with van der Waals surface area (Å²) in [4.78, 5) is 14.8. The SMILES string of the molecule is CNC(=O)c1noc(C2(C(F)(F)F)CCNC2)n1. The van der Waals surface area contributed by atoms with Crippen LogP contribution in [0.3, 0.4) is 0 Å². The molecule has 0 aliphatic carbocycles. The number of amides is 1. The molecule has 2 N–H and O–H groups in total. The van der Waals surface area contributed by atoms with Gasteiger partial charge < -0.3 is 15.2 Å². The van der Waals surface area contributed by atoms with Crippen LogP contribution in [0.25, 0.3) is 0 Å². The van der Waals surface area contributed by atoms with Gasteiger partial charge in [-0.3, -0.25) is 4.79 Å². The maximum absolute atomic E-state index is 13.1. The molecule has 1 unspecified atom stereocenters. The Kier molecular flexibility index (Phi) is 3.01. The number of aromatic nitrogens is 2. The second-order valence-electron chi connectivity index (χ2n) is 4.01. The van der Waals surface area contributed by atoms with Crippen LogP contribution in [-0.2, 0) is 5.41 Å². The number of carbonyl (C=O) groups excluding carboxylic acids is 1. The van der Waals surface area contributed by atoms with Crippen molar-refractivity contribution in [1.82, 2.24) is 20.8 Å². The van der Waals surface area contributed by atoms with E-state index >= 15 is 0 Å². The summed E-state index contributed by atoms with van der Waals surface area (Å²) in [5, 5.41) is 8.10. The smallest absolute Gasteiger partial charge is 0.352 e. The van der Waals surface area contributed by atoms with E-state index in [1.807, 2.05) is 0 Å². The zero-order valence-corrected chi connectivity index (χ0v) is 9.47. The van der Waals surface area contributed by atoms with Crippen LogP contribution < -0.4 is 10.6 Å². The number of rotatable bonds is 2. The van der Waals surface area contributed by atoms with Gasteiger partial charge in [-0.2, -0.15) is 18.2 Å². The largest absolute Gasteiger partial charge is 0.404 e. The number of halogens is 3. The highest BCUT2D eigenvalue weighted by Crippen LogP contribution is 2.44. The Morgan fingerprint density at radius 2 is 2.28 bits per heavy atom. The Morgan fingerprint density at radius 3 is 2.78 bits per heavy atom. The van der Waals surface area contributed by atoms with E-state index < -0.39 is 29.2 Å². The van der Waals surface area contributed by atoms with Crippen molar-refractivity contribution >= 4 is 5.91 Å². The number of nitrogens with zero attached hydrogens (tertiary/aromatic N) is 2. The van der Waals surface area contributed by atoms with Crippen molar-refractivity contribution in [1.29, 1.82) is 0 Å². The van der Waals surface area contributed by atoms with Gasteiger partial charge in [-0.25, -0.2) is 0 Å². The summed E-state index contributed by atoms with van der Waals surface area (Å²) in [6, 6.07) is 0. The lowest BCUT2D eigenvalue weighted by molar-refractivity contribution is -0.191. The van der Waals surface area contributed by atoms with Crippen LogP contribution in [0.5, 0.6) is 0 Å². The molecule has 1 atom stereocenters. The Morgan fingerprint density at radius 1 is 1.56 bits per heavy atom. The molecule has 1 saturated heterocycles. The second-order valence-corrected chi connectivity index (χ2v) is 4.01. The zero-order valence-electron chi connectivity index (χ0n) is 9.47. The minimum atomic E-state index is -4.51. The molecule has 1 amide bonds. The number of alkyl halides is 3. The molecule has 1 aromatic rings. The second kappa shape index (κ2) is 4.23. The maximum Gasteiger partial charge on any atom is 0.404 e. The van der Waals surface area contributed by atoms with Crippen LogP contribution >= 0.6 is 0 Å². The topological polar surface area (TPSA) is 80.0 Å². The van der Waals surface area contributed by atoms with Gasteiger partial charge in [0.05, 0.1) is 0 Å². The first kappa shape index (κ1) is 12.8. The quantitative estimate of drug-likeness (QED) is 0.799. The maximum atomic E-state index is 13.1. The standard InChI is InChI=1S/C9H11F3N4O2/c1-13-6(17)5-15-7(18-16-5)8(9(10,11)12)2-3-14-4-8/h14H,2-4H2,1H3,(H,13,17). The lowest BCUT2D eigenvalue weighted by atomic mass is 9.86. The highest BCUT2D eigenvalue weighted by atomic mass is 19.4. The molecule has 2 rings (SSSR count). The van der Waals surface area contributed by atoms with Crippen LogP contribution in [-0.4, -0.2) is 42.4 Å². The predicted octanol–water partition coefficient (Wildman–Crippen LogP) is 0.223. The summed E-state index contributed by atoms with van der Waals surface area (Å²) in [5.74, 6) is -1.66. The van der Waals surface area contributed by atoms with Crippen LogP contribution in [0, 0.1) is 0 Å². The van der Waals surface area contributed by atoms with Crippen molar-refractivity contribution in [3.05, 3.63) is 11.7 Å². The first-order valence-electron chi connectivity index (χ1n) is 5.24. The number of nitrogens with one attached hydrogen (secondary N) is 2. The average molecular weight is 264 g/mol. The summed E-state index contributed by atoms with van der Waals surface area (Å²) < 4.78 is 44.0. The number of carbonyl (C=O) groups is 1. The predicted molar refractivity (Wildman–Crippen MR) is 52.9 cm³/mol. The zero-order chi connectivity index (χ0) is 13.4. The molecular weight excluding hydrogens is 253 g/mol. The molecule has 0 saturated carbocycles. The van der Waals surface area contributed by atoms with Crippen molar-refractivity contribution in [2.45, 2.75) is 18.0 Å². The van der Waals surface area contributed by atoms with E-state index in [0.29, 0.717) is 0 Å². The number of hydrogen-bond donors (Lipinski definition) is 2. The molecule has 1 aliphatic rings. The van der Waals surface area contributed by atoms with Gasteiger partial charge in [-0.15, -0.1) is 0 Å². The van der Waals surface area contributed by atoms with Crippen LogP contribution in [0.4, 0.5) is 13.2 Å². The van der Waals surface area contributed by atoms with Crippen molar-refractivity contribution < 1.29 is 22.5 Å². The van der Waals surface area contributed by atoms with E-state index in [0.717, 1.165) is 0 Å². The molecular formula is C9H11F3N4O2. The molecule has 1 aromatic heterocycles.